The summed E-state index contributed by atoms with van der Waals surface area (Å²) in [6, 6.07) is 7.70. The Balaban J connectivity index is 1.37. The van der Waals surface area contributed by atoms with E-state index in [0.29, 0.717) is 18.1 Å². The number of anilines is 1. The van der Waals surface area contributed by atoms with Crippen molar-refractivity contribution in [1.82, 2.24) is 20.4 Å². The molecular weight excluding hydrogens is 386 g/mol. The van der Waals surface area contributed by atoms with Crippen LogP contribution in [0.3, 0.4) is 0 Å². The quantitative estimate of drug-likeness (QED) is 0.794. The first-order valence-corrected chi connectivity index (χ1v) is 11.2. The molecule has 2 heterocycles. The number of nitrogens with one attached hydrogen (secondary N) is 2. The fourth-order valence-electron chi connectivity index (χ4n) is 4.06. The predicted octanol–water partition coefficient (Wildman–Crippen LogP) is 3.96. The molecule has 1 aromatic carbocycles. The molecule has 0 spiro atoms. The summed E-state index contributed by atoms with van der Waals surface area (Å²) in [6.07, 6.45) is 7.14. The van der Waals surface area contributed by atoms with E-state index < -0.39 is 6.04 Å². The molecule has 154 valence electrons. The topological polar surface area (TPSA) is 87.2 Å². The van der Waals surface area contributed by atoms with Crippen LogP contribution in [0, 0.1) is 6.92 Å². The molecule has 0 radical (unpaired) electrons. The fourth-order valence-corrected chi connectivity index (χ4v) is 4.81. The monoisotopic (exact) mass is 413 g/mol. The Kier molecular flexibility index (Phi) is 6.08. The van der Waals surface area contributed by atoms with Gasteiger partial charge in [0.2, 0.25) is 11.0 Å². The van der Waals surface area contributed by atoms with Crippen LogP contribution in [0.1, 0.15) is 50.5 Å². The highest BCUT2D eigenvalue weighted by atomic mass is 32.1. The normalized spacial score (nSPS) is 19.9. The summed E-state index contributed by atoms with van der Waals surface area (Å²) in [5, 5.41) is 15.5. The first-order chi connectivity index (χ1) is 14.1. The minimum Gasteiger partial charge on any atom is -0.335 e. The highest BCUT2D eigenvalue weighted by Gasteiger charge is 2.35. The van der Waals surface area contributed by atoms with Crippen LogP contribution in [0.4, 0.5) is 9.93 Å². The SMILES string of the molecule is Cc1ccc(-c2nnc(NC(=O)C3CCCN3C(=O)NC3CCCCC3)s2)cc1. The van der Waals surface area contributed by atoms with Gasteiger partial charge in [-0.15, -0.1) is 10.2 Å². The summed E-state index contributed by atoms with van der Waals surface area (Å²) >= 11 is 1.34. The maximum atomic E-state index is 12.8. The Morgan fingerprint density at radius 2 is 1.79 bits per heavy atom. The Morgan fingerprint density at radius 3 is 2.55 bits per heavy atom. The molecule has 1 saturated heterocycles. The van der Waals surface area contributed by atoms with Gasteiger partial charge in [-0.05, 0) is 32.6 Å². The lowest BCUT2D eigenvalue weighted by molar-refractivity contribution is -0.119. The first kappa shape index (κ1) is 19.8. The standard InChI is InChI=1S/C21H27N5O2S/c1-14-9-11-15(12-10-14)19-24-25-20(29-19)23-18(27)17-8-5-13-26(17)21(28)22-16-6-3-2-4-7-16/h9-12,16-17H,2-8,13H2,1H3,(H,22,28)(H,23,25,27). The van der Waals surface area contributed by atoms with Crippen molar-refractivity contribution in [3.8, 4) is 10.6 Å². The van der Waals surface area contributed by atoms with E-state index in [2.05, 4.69) is 20.8 Å². The van der Waals surface area contributed by atoms with Crippen LogP contribution in [-0.2, 0) is 4.79 Å². The van der Waals surface area contributed by atoms with Crippen molar-refractivity contribution in [2.45, 2.75) is 64.0 Å². The van der Waals surface area contributed by atoms with Gasteiger partial charge in [0.1, 0.15) is 11.0 Å². The minimum atomic E-state index is -0.453. The minimum absolute atomic E-state index is 0.118. The van der Waals surface area contributed by atoms with Crippen molar-refractivity contribution in [3.63, 3.8) is 0 Å². The molecule has 1 aliphatic carbocycles. The molecule has 8 heteroatoms. The largest absolute Gasteiger partial charge is 0.335 e. The third kappa shape index (κ3) is 4.75. The summed E-state index contributed by atoms with van der Waals surface area (Å²) in [4.78, 5) is 27.2. The molecule has 1 unspecified atom stereocenters. The highest BCUT2D eigenvalue weighted by molar-refractivity contribution is 7.18. The molecular formula is C21H27N5O2S. The zero-order chi connectivity index (χ0) is 20.2. The number of nitrogens with zero attached hydrogens (tertiary/aromatic N) is 3. The van der Waals surface area contributed by atoms with Crippen molar-refractivity contribution in [1.29, 1.82) is 0 Å². The molecule has 0 bridgehead atoms. The smallest absolute Gasteiger partial charge is 0.318 e. The molecule has 1 aromatic heterocycles. The number of hydrogen-bond donors (Lipinski definition) is 2. The van der Waals surface area contributed by atoms with Crippen molar-refractivity contribution >= 4 is 28.4 Å². The molecule has 1 saturated carbocycles. The van der Waals surface area contributed by atoms with Gasteiger partial charge in [0, 0.05) is 18.2 Å². The van der Waals surface area contributed by atoms with E-state index >= 15 is 0 Å². The lowest BCUT2D eigenvalue weighted by atomic mass is 9.96. The van der Waals surface area contributed by atoms with Crippen LogP contribution in [0.2, 0.25) is 0 Å². The third-order valence-corrected chi connectivity index (χ3v) is 6.59. The zero-order valence-corrected chi connectivity index (χ0v) is 17.5. The zero-order valence-electron chi connectivity index (χ0n) is 16.7. The molecule has 2 aromatic rings. The molecule has 1 atom stereocenters. The van der Waals surface area contributed by atoms with Gasteiger partial charge in [0.05, 0.1) is 0 Å². The number of carbonyl (C=O) groups is 2. The number of rotatable bonds is 4. The number of hydrogen-bond acceptors (Lipinski definition) is 5. The van der Waals surface area contributed by atoms with Gasteiger partial charge < -0.3 is 10.2 Å². The molecule has 29 heavy (non-hydrogen) atoms. The lowest BCUT2D eigenvalue weighted by Gasteiger charge is -2.28. The van der Waals surface area contributed by atoms with Crippen LogP contribution in [0.5, 0.6) is 0 Å². The van der Waals surface area contributed by atoms with Crippen molar-refractivity contribution in [2.75, 3.05) is 11.9 Å². The summed E-state index contributed by atoms with van der Waals surface area (Å²) in [7, 11) is 0. The van der Waals surface area contributed by atoms with E-state index in [1.165, 1.54) is 23.3 Å². The van der Waals surface area contributed by atoms with Gasteiger partial charge in [-0.3, -0.25) is 10.1 Å². The molecule has 1 aliphatic heterocycles. The second-order valence-corrected chi connectivity index (χ2v) is 8.88. The second-order valence-electron chi connectivity index (χ2n) is 7.90. The number of carbonyl (C=O) groups excluding carboxylic acids is 2. The average Bonchev–Trinajstić information content (AvgIpc) is 3.39. The van der Waals surface area contributed by atoms with Gasteiger partial charge in [0.15, 0.2) is 0 Å². The Morgan fingerprint density at radius 1 is 1.03 bits per heavy atom. The second kappa shape index (κ2) is 8.90. The number of amides is 3. The number of likely N-dealkylation sites (tertiary alicyclic amines) is 1. The van der Waals surface area contributed by atoms with Crippen LogP contribution in [0.15, 0.2) is 24.3 Å². The van der Waals surface area contributed by atoms with E-state index in [-0.39, 0.29) is 18.0 Å². The Hall–Kier alpha value is -2.48. The molecule has 2 N–H and O–H groups in total. The van der Waals surface area contributed by atoms with E-state index in [1.807, 2.05) is 31.2 Å². The molecule has 7 nitrogen and oxygen atoms in total. The van der Waals surface area contributed by atoms with Crippen LogP contribution in [0.25, 0.3) is 10.6 Å². The highest BCUT2D eigenvalue weighted by Crippen LogP contribution is 2.27. The van der Waals surface area contributed by atoms with Crippen molar-refractivity contribution in [3.05, 3.63) is 29.8 Å². The maximum Gasteiger partial charge on any atom is 0.318 e. The fraction of sp³-hybridized carbons (Fsp3) is 0.524. The van der Waals surface area contributed by atoms with E-state index in [9.17, 15) is 9.59 Å². The molecule has 4 rings (SSSR count). The van der Waals surface area contributed by atoms with Gasteiger partial charge in [0.25, 0.3) is 0 Å². The Bertz CT molecular complexity index is 860. The number of benzene rings is 1. The summed E-state index contributed by atoms with van der Waals surface area (Å²) in [5.41, 5.74) is 2.16. The molecule has 2 aliphatic rings. The average molecular weight is 414 g/mol. The number of aryl methyl sites for hydroxylation is 1. The van der Waals surface area contributed by atoms with Crippen molar-refractivity contribution in [2.24, 2.45) is 0 Å². The molecule has 3 amide bonds. The van der Waals surface area contributed by atoms with Gasteiger partial charge >= 0.3 is 6.03 Å². The third-order valence-electron chi connectivity index (χ3n) is 5.70. The first-order valence-electron chi connectivity index (χ1n) is 10.4. The van der Waals surface area contributed by atoms with E-state index in [0.717, 1.165) is 42.7 Å². The van der Waals surface area contributed by atoms with Gasteiger partial charge in [-0.2, -0.15) is 0 Å². The van der Waals surface area contributed by atoms with Crippen LogP contribution < -0.4 is 10.6 Å². The number of aromatic nitrogens is 2. The van der Waals surface area contributed by atoms with E-state index in [4.69, 9.17) is 0 Å². The Labute approximate surface area is 174 Å². The van der Waals surface area contributed by atoms with Crippen LogP contribution in [-0.4, -0.2) is 45.7 Å². The summed E-state index contributed by atoms with van der Waals surface area (Å²) in [6.45, 7) is 2.65. The molecule has 2 fully saturated rings. The lowest BCUT2D eigenvalue weighted by Crippen LogP contribution is -2.50. The van der Waals surface area contributed by atoms with Gasteiger partial charge in [-0.25, -0.2) is 4.79 Å². The summed E-state index contributed by atoms with van der Waals surface area (Å²) < 4.78 is 0. The summed E-state index contributed by atoms with van der Waals surface area (Å²) in [5.74, 6) is -0.187. The van der Waals surface area contributed by atoms with E-state index in [1.54, 1.807) is 4.90 Å². The predicted molar refractivity (Wildman–Crippen MR) is 114 cm³/mol. The van der Waals surface area contributed by atoms with Crippen molar-refractivity contribution < 1.29 is 9.59 Å². The van der Waals surface area contributed by atoms with Gasteiger partial charge in [-0.1, -0.05) is 60.4 Å². The maximum absolute atomic E-state index is 12.8. The van der Waals surface area contributed by atoms with Crippen LogP contribution >= 0.6 is 11.3 Å². The number of urea groups is 1.